The average molecular weight is 413 g/mol. The number of hydrogen-bond donors (Lipinski definition) is 0. The number of carbonyl (C=O) groups is 1. The van der Waals surface area contributed by atoms with Crippen molar-refractivity contribution in [1.29, 1.82) is 0 Å². The Morgan fingerprint density at radius 1 is 1.00 bits per heavy atom. The fourth-order valence-corrected chi connectivity index (χ4v) is 3.83. The van der Waals surface area contributed by atoms with Gasteiger partial charge in [0.15, 0.2) is 0 Å². The summed E-state index contributed by atoms with van der Waals surface area (Å²) in [6.45, 7) is 5.28. The summed E-state index contributed by atoms with van der Waals surface area (Å²) < 4.78 is 12.0. The Hall–Kier alpha value is -3.07. The molecule has 160 valence electrons. The summed E-state index contributed by atoms with van der Waals surface area (Å²) in [5, 5.41) is 4.47. The summed E-state index contributed by atoms with van der Waals surface area (Å²) in [7, 11) is 1.68. The highest BCUT2D eigenvalue weighted by molar-refractivity contribution is 5.76. The van der Waals surface area contributed by atoms with Crippen LogP contribution in [-0.4, -0.2) is 80.2 Å². The molecule has 2 saturated heterocycles. The molecule has 2 aromatic rings. The van der Waals surface area contributed by atoms with E-state index in [4.69, 9.17) is 9.47 Å². The van der Waals surface area contributed by atoms with E-state index in [-0.39, 0.29) is 18.0 Å². The highest BCUT2D eigenvalue weighted by Crippen LogP contribution is 2.28. The van der Waals surface area contributed by atoms with Crippen molar-refractivity contribution in [2.45, 2.75) is 6.54 Å². The van der Waals surface area contributed by atoms with E-state index < -0.39 is 0 Å². The van der Waals surface area contributed by atoms with Crippen molar-refractivity contribution in [2.24, 2.45) is 0 Å². The number of nitrogens with zero attached hydrogens (tertiary/aromatic N) is 5. The van der Waals surface area contributed by atoms with Crippen LogP contribution in [-0.2, 0) is 16.1 Å². The van der Waals surface area contributed by atoms with Gasteiger partial charge in [0.25, 0.3) is 5.56 Å². The molecular weight excluding hydrogens is 386 g/mol. The summed E-state index contributed by atoms with van der Waals surface area (Å²) in [4.78, 5) is 30.9. The first-order chi connectivity index (χ1) is 14.7. The molecule has 30 heavy (non-hydrogen) atoms. The van der Waals surface area contributed by atoms with E-state index in [0.29, 0.717) is 32.1 Å². The number of hydrogen-bond acceptors (Lipinski definition) is 7. The van der Waals surface area contributed by atoms with Gasteiger partial charge in [-0.15, -0.1) is 0 Å². The van der Waals surface area contributed by atoms with Crippen LogP contribution < -0.4 is 20.1 Å². The molecule has 0 unspecified atom stereocenters. The highest BCUT2D eigenvalue weighted by atomic mass is 16.5. The van der Waals surface area contributed by atoms with Crippen LogP contribution in [0.4, 0.5) is 11.5 Å². The number of morpholine rings is 1. The number of amides is 1. The number of para-hydroxylation sites is 2. The lowest BCUT2D eigenvalue weighted by atomic mass is 10.2. The minimum Gasteiger partial charge on any atom is -0.495 e. The van der Waals surface area contributed by atoms with Gasteiger partial charge in [0.1, 0.15) is 18.1 Å². The third kappa shape index (κ3) is 4.40. The largest absolute Gasteiger partial charge is 0.495 e. The van der Waals surface area contributed by atoms with Crippen LogP contribution in [0.2, 0.25) is 0 Å². The molecule has 0 aliphatic carbocycles. The molecule has 1 aromatic carbocycles. The van der Waals surface area contributed by atoms with Crippen LogP contribution >= 0.6 is 0 Å². The summed E-state index contributed by atoms with van der Waals surface area (Å²) >= 11 is 0. The fourth-order valence-electron chi connectivity index (χ4n) is 3.83. The Labute approximate surface area is 175 Å². The number of aromatic nitrogens is 2. The predicted octanol–water partition coefficient (Wildman–Crippen LogP) is 0.437. The van der Waals surface area contributed by atoms with Gasteiger partial charge in [0, 0.05) is 45.3 Å². The van der Waals surface area contributed by atoms with E-state index in [0.717, 1.165) is 37.6 Å². The van der Waals surface area contributed by atoms with Gasteiger partial charge in [-0.1, -0.05) is 12.1 Å². The average Bonchev–Trinajstić information content (AvgIpc) is 2.81. The number of carbonyl (C=O) groups excluding carboxylic acids is 1. The SMILES string of the molecule is COc1ccccc1N1CCN(c2ccc(=O)n(CC(=O)N3CCOCC3)n2)CC1. The predicted molar refractivity (Wildman–Crippen MR) is 113 cm³/mol. The second-order valence-corrected chi connectivity index (χ2v) is 7.33. The first kappa shape index (κ1) is 20.2. The number of anilines is 2. The molecule has 0 N–H and O–H groups in total. The van der Waals surface area contributed by atoms with Crippen LogP contribution in [0.25, 0.3) is 0 Å². The molecule has 9 nitrogen and oxygen atoms in total. The van der Waals surface area contributed by atoms with E-state index in [1.165, 1.54) is 10.7 Å². The van der Waals surface area contributed by atoms with Gasteiger partial charge in [0.2, 0.25) is 5.91 Å². The van der Waals surface area contributed by atoms with Gasteiger partial charge in [-0.05, 0) is 18.2 Å². The van der Waals surface area contributed by atoms with Crippen LogP contribution in [0.15, 0.2) is 41.2 Å². The van der Waals surface area contributed by atoms with E-state index in [2.05, 4.69) is 21.0 Å². The van der Waals surface area contributed by atoms with E-state index in [1.807, 2.05) is 18.2 Å². The summed E-state index contributed by atoms with van der Waals surface area (Å²) in [6, 6.07) is 11.2. The monoisotopic (exact) mass is 413 g/mol. The lowest BCUT2D eigenvalue weighted by molar-refractivity contribution is -0.136. The maximum Gasteiger partial charge on any atom is 0.267 e. The Balaban J connectivity index is 1.42. The highest BCUT2D eigenvalue weighted by Gasteiger charge is 2.22. The quantitative estimate of drug-likeness (QED) is 0.704. The van der Waals surface area contributed by atoms with E-state index >= 15 is 0 Å². The molecule has 9 heteroatoms. The smallest absolute Gasteiger partial charge is 0.267 e. The van der Waals surface area contributed by atoms with Gasteiger partial charge < -0.3 is 24.2 Å². The molecule has 4 rings (SSSR count). The van der Waals surface area contributed by atoms with Gasteiger partial charge in [0.05, 0.1) is 26.0 Å². The molecule has 1 amide bonds. The summed E-state index contributed by atoms with van der Waals surface area (Å²) in [5.41, 5.74) is 0.807. The first-order valence-electron chi connectivity index (χ1n) is 10.2. The second kappa shape index (κ2) is 9.17. The van der Waals surface area contributed by atoms with Gasteiger partial charge in [-0.2, -0.15) is 5.10 Å². The zero-order valence-electron chi connectivity index (χ0n) is 17.2. The van der Waals surface area contributed by atoms with Crippen molar-refractivity contribution in [2.75, 3.05) is 69.4 Å². The van der Waals surface area contributed by atoms with Gasteiger partial charge >= 0.3 is 0 Å². The van der Waals surface area contributed by atoms with E-state index in [9.17, 15) is 9.59 Å². The topological polar surface area (TPSA) is 80.1 Å². The van der Waals surface area contributed by atoms with Crippen molar-refractivity contribution < 1.29 is 14.3 Å². The van der Waals surface area contributed by atoms with Crippen molar-refractivity contribution in [3.8, 4) is 5.75 Å². The molecule has 1 aromatic heterocycles. The van der Waals surface area contributed by atoms with Crippen LogP contribution in [0.5, 0.6) is 5.75 Å². The molecule has 2 aliphatic heterocycles. The number of piperazine rings is 1. The molecule has 3 heterocycles. The molecule has 0 atom stereocenters. The molecular formula is C21H27N5O4. The minimum absolute atomic E-state index is 0.0478. The van der Waals surface area contributed by atoms with E-state index in [1.54, 1.807) is 18.1 Å². The zero-order valence-corrected chi connectivity index (χ0v) is 17.2. The van der Waals surface area contributed by atoms with Crippen molar-refractivity contribution >= 4 is 17.4 Å². The molecule has 0 spiro atoms. The summed E-state index contributed by atoms with van der Waals surface area (Å²) in [5.74, 6) is 1.47. The maximum atomic E-state index is 12.5. The van der Waals surface area contributed by atoms with Crippen molar-refractivity contribution in [3.05, 3.63) is 46.8 Å². The van der Waals surface area contributed by atoms with Crippen molar-refractivity contribution in [3.63, 3.8) is 0 Å². The lowest BCUT2D eigenvalue weighted by Gasteiger charge is -2.37. The zero-order chi connectivity index (χ0) is 20.9. The summed E-state index contributed by atoms with van der Waals surface area (Å²) in [6.07, 6.45) is 0. The van der Waals surface area contributed by atoms with Gasteiger partial charge in [-0.3, -0.25) is 9.59 Å². The molecule has 2 fully saturated rings. The molecule has 0 radical (unpaired) electrons. The van der Waals surface area contributed by atoms with Gasteiger partial charge in [-0.25, -0.2) is 4.68 Å². The van der Waals surface area contributed by atoms with Crippen LogP contribution in [0, 0.1) is 0 Å². The Morgan fingerprint density at radius 2 is 1.70 bits per heavy atom. The maximum absolute atomic E-state index is 12.5. The molecule has 2 aliphatic rings. The molecule has 0 bridgehead atoms. The van der Waals surface area contributed by atoms with Crippen molar-refractivity contribution in [1.82, 2.24) is 14.7 Å². The minimum atomic E-state index is -0.270. The Kier molecular flexibility index (Phi) is 6.18. The van der Waals surface area contributed by atoms with Crippen LogP contribution in [0.1, 0.15) is 0 Å². The lowest BCUT2D eigenvalue weighted by Crippen LogP contribution is -2.47. The second-order valence-electron chi connectivity index (χ2n) is 7.33. The first-order valence-corrected chi connectivity index (χ1v) is 10.2. The third-order valence-corrected chi connectivity index (χ3v) is 5.53. The molecule has 0 saturated carbocycles. The number of benzene rings is 1. The normalized spacial score (nSPS) is 17.2. The Bertz CT molecular complexity index is 933. The third-order valence-electron chi connectivity index (χ3n) is 5.53. The fraction of sp³-hybridized carbons (Fsp3) is 0.476. The Morgan fingerprint density at radius 3 is 2.43 bits per heavy atom. The standard InChI is InChI=1S/C21H27N5O4/c1-29-18-5-3-2-4-17(18)23-8-10-24(11-9-23)19-6-7-20(27)26(22-19)16-21(28)25-12-14-30-15-13-25/h2-7H,8-16H2,1H3. The number of rotatable bonds is 5. The number of ether oxygens (including phenoxy) is 2. The van der Waals surface area contributed by atoms with Crippen LogP contribution in [0.3, 0.4) is 0 Å². The number of methoxy groups -OCH3 is 1.